The molecular weight excluding hydrogens is 1020 g/mol. The van der Waals surface area contributed by atoms with Gasteiger partial charge in [-0.3, -0.25) is 0 Å². The summed E-state index contributed by atoms with van der Waals surface area (Å²) in [5.41, 5.74) is -1.59. The molecule has 21 heteroatoms. The average molecular weight is 1120 g/mol. The van der Waals surface area contributed by atoms with Gasteiger partial charge in [-0.1, -0.05) is 67.0 Å². The van der Waals surface area contributed by atoms with Gasteiger partial charge in [0.2, 0.25) is 0 Å². The lowest BCUT2D eigenvalue weighted by Gasteiger charge is -2.67. The molecule has 452 valence electrons. The van der Waals surface area contributed by atoms with Crippen LogP contribution in [-0.2, 0) is 33.2 Å². The SMILES string of the molecule is CC[C@H]1O[C@@H](O[C@H](CC[C@@H](C)C2CC[C@@]3(C)C4CC=C5C(CC[C@H](O[C@@H]6C[C@H](CO)[C@@H](O[C@@H]7O[C@H](CO)[C@@H](O)[C@H](O)[C@H]7O)[C@H](O)[C@H]6O)C5(C)C)[C@]4(C)[C@H](O)C[C@]23C)C(C)(C)O)[C@H](O[C@@H]2O[C@H](CO)[C@@H](O)[C@H](O)[C@H]2O)[C@@H](O)[C@@H]1C. The van der Waals surface area contributed by atoms with Crippen molar-refractivity contribution in [1.29, 1.82) is 0 Å². The van der Waals surface area contributed by atoms with Crippen molar-refractivity contribution in [3.05, 3.63) is 11.6 Å². The predicted molar refractivity (Wildman–Crippen MR) is 277 cm³/mol. The zero-order chi connectivity index (χ0) is 57.5. The van der Waals surface area contributed by atoms with Gasteiger partial charge in [-0.05, 0) is 113 Å². The van der Waals surface area contributed by atoms with E-state index in [2.05, 4.69) is 47.6 Å². The van der Waals surface area contributed by atoms with Crippen LogP contribution in [0, 0.1) is 57.2 Å². The second-order valence-corrected chi connectivity index (χ2v) is 26.9. The van der Waals surface area contributed by atoms with Gasteiger partial charge in [0.25, 0.3) is 0 Å². The second-order valence-electron chi connectivity index (χ2n) is 26.9. The van der Waals surface area contributed by atoms with Gasteiger partial charge in [-0.25, -0.2) is 0 Å². The Morgan fingerprint density at radius 3 is 1.78 bits per heavy atom. The van der Waals surface area contributed by atoms with Crippen LogP contribution < -0.4 is 0 Å². The Kier molecular flexibility index (Phi) is 19.2. The molecule has 5 aliphatic carbocycles. The lowest BCUT2D eigenvalue weighted by molar-refractivity contribution is -0.370. The van der Waals surface area contributed by atoms with Gasteiger partial charge in [-0.15, -0.1) is 0 Å². The number of fused-ring (bicyclic) bond motifs is 5. The molecule has 3 unspecified atom stereocenters. The standard InChI is InChI=1S/C57H98O21/c1-11-31-26(3)39(62)49(78-51-47(70)44(67)42(65)34(24-60)75-51)52(73-31)76-38(54(6,7)71)16-12-25(2)28-18-19-55(8)35-15-13-29-30(57(35,10)36(61)21-56(28,55)9)14-17-37(53(29,4)5)72-32-20-27(22-58)48(45(68)40(32)63)77-50-46(69)43(66)41(64)33(23-59)74-50/h13,25-28,30-52,58-71H,11-12,14-24H2,1-10H3/t25-,26-,27-,28?,30?,31-,32-,33-,34-,35?,36-,37+,38-,39+,40+,41-,42-,43+,44+,45-,46-,47-,48-,49-,50+,51+,52+,55+,56-,57+/m1/s1. The molecule has 3 heterocycles. The van der Waals surface area contributed by atoms with Gasteiger partial charge in [0.05, 0.1) is 61.5 Å². The summed E-state index contributed by atoms with van der Waals surface area (Å²) >= 11 is 0. The van der Waals surface area contributed by atoms with Crippen molar-refractivity contribution < 1.29 is 105 Å². The first-order valence-corrected chi connectivity index (χ1v) is 29.1. The van der Waals surface area contributed by atoms with Crippen LogP contribution in [0.1, 0.15) is 133 Å². The minimum absolute atomic E-state index is 0.0383. The van der Waals surface area contributed by atoms with Crippen LogP contribution in [0.5, 0.6) is 0 Å². The minimum Gasteiger partial charge on any atom is -0.396 e. The van der Waals surface area contributed by atoms with E-state index in [4.69, 9.17) is 33.2 Å². The molecule has 14 N–H and O–H groups in total. The quantitative estimate of drug-likeness (QED) is 0.0861. The fourth-order valence-electron chi connectivity index (χ4n) is 16.7. The van der Waals surface area contributed by atoms with Crippen molar-refractivity contribution in [1.82, 2.24) is 0 Å². The van der Waals surface area contributed by atoms with Crippen molar-refractivity contribution in [2.45, 2.75) is 268 Å². The summed E-state index contributed by atoms with van der Waals surface area (Å²) in [4.78, 5) is 0. The number of hydrogen-bond donors (Lipinski definition) is 14. The molecule has 30 atom stereocenters. The van der Waals surface area contributed by atoms with Crippen LogP contribution in [0.2, 0.25) is 0 Å². The number of rotatable bonds is 17. The number of aliphatic hydroxyl groups excluding tert-OH is 13. The summed E-state index contributed by atoms with van der Waals surface area (Å²) in [5, 5.41) is 152. The van der Waals surface area contributed by atoms with Gasteiger partial charge in [0, 0.05) is 29.3 Å². The Morgan fingerprint density at radius 2 is 1.23 bits per heavy atom. The summed E-state index contributed by atoms with van der Waals surface area (Å²) in [7, 11) is 0. The molecule has 21 nitrogen and oxygen atoms in total. The summed E-state index contributed by atoms with van der Waals surface area (Å²) in [6.07, 6.45) is -18.1. The van der Waals surface area contributed by atoms with E-state index < -0.39 is 177 Å². The smallest absolute Gasteiger partial charge is 0.187 e. The van der Waals surface area contributed by atoms with Crippen LogP contribution in [0.25, 0.3) is 0 Å². The van der Waals surface area contributed by atoms with E-state index in [1.165, 1.54) is 5.57 Å². The van der Waals surface area contributed by atoms with Crippen molar-refractivity contribution >= 4 is 0 Å². The topological polar surface area (TPSA) is 348 Å². The normalized spacial score (nSPS) is 51.4. The molecule has 0 aromatic carbocycles. The van der Waals surface area contributed by atoms with E-state index in [1.807, 2.05) is 6.92 Å². The first-order chi connectivity index (χ1) is 36.5. The summed E-state index contributed by atoms with van der Waals surface area (Å²) < 4.78 is 43.2. The monoisotopic (exact) mass is 1120 g/mol. The fraction of sp³-hybridized carbons (Fsp3) is 0.965. The molecular formula is C57H98O21. The Labute approximate surface area is 459 Å². The molecule has 0 radical (unpaired) electrons. The van der Waals surface area contributed by atoms with E-state index in [1.54, 1.807) is 20.8 Å². The molecule has 0 spiro atoms. The summed E-state index contributed by atoms with van der Waals surface area (Å²) in [6, 6.07) is 0. The molecule has 78 heavy (non-hydrogen) atoms. The van der Waals surface area contributed by atoms with Gasteiger partial charge >= 0.3 is 0 Å². The van der Waals surface area contributed by atoms with Crippen LogP contribution >= 0.6 is 0 Å². The van der Waals surface area contributed by atoms with Crippen molar-refractivity contribution in [3.63, 3.8) is 0 Å². The maximum Gasteiger partial charge on any atom is 0.187 e. The molecule has 8 rings (SSSR count). The molecule has 8 aliphatic rings. The maximum atomic E-state index is 12.8. The Bertz CT molecular complexity index is 2020. The van der Waals surface area contributed by atoms with Crippen LogP contribution in [0.3, 0.4) is 0 Å². The third kappa shape index (κ3) is 10.9. The minimum atomic E-state index is -1.74. The van der Waals surface area contributed by atoms with E-state index >= 15 is 0 Å². The molecule has 4 saturated carbocycles. The molecule has 0 amide bonds. The first-order valence-electron chi connectivity index (χ1n) is 29.1. The van der Waals surface area contributed by atoms with E-state index in [-0.39, 0.29) is 40.9 Å². The number of allylic oxidation sites excluding steroid dienone is 1. The summed E-state index contributed by atoms with van der Waals surface area (Å²) in [5.74, 6) is -0.667. The van der Waals surface area contributed by atoms with Gasteiger partial charge < -0.3 is 105 Å². The van der Waals surface area contributed by atoms with Gasteiger partial charge in [0.1, 0.15) is 67.1 Å². The van der Waals surface area contributed by atoms with Crippen molar-refractivity contribution in [2.24, 2.45) is 57.2 Å². The lowest BCUT2D eigenvalue weighted by atomic mass is 9.38. The van der Waals surface area contributed by atoms with E-state index in [9.17, 15) is 71.5 Å². The third-order valence-electron chi connectivity index (χ3n) is 21.9. The highest BCUT2D eigenvalue weighted by Gasteiger charge is 2.70. The first kappa shape index (κ1) is 62.9. The summed E-state index contributed by atoms with van der Waals surface area (Å²) in [6.45, 7) is 18.8. The highest BCUT2D eigenvalue weighted by atomic mass is 16.8. The predicted octanol–water partition coefficient (Wildman–Crippen LogP) is 0.125. The Hall–Kier alpha value is -1.10. The van der Waals surface area contributed by atoms with Crippen molar-refractivity contribution in [3.8, 4) is 0 Å². The third-order valence-corrected chi connectivity index (χ3v) is 21.9. The van der Waals surface area contributed by atoms with E-state index in [0.717, 1.165) is 25.7 Å². The van der Waals surface area contributed by atoms with Crippen LogP contribution in [0.4, 0.5) is 0 Å². The zero-order valence-corrected chi connectivity index (χ0v) is 47.5. The average Bonchev–Trinajstić information content (AvgIpc) is 3.03. The highest BCUT2D eigenvalue weighted by molar-refractivity contribution is 5.32. The largest absolute Gasteiger partial charge is 0.396 e. The fourth-order valence-corrected chi connectivity index (χ4v) is 16.7. The van der Waals surface area contributed by atoms with Crippen molar-refractivity contribution in [2.75, 3.05) is 19.8 Å². The van der Waals surface area contributed by atoms with Gasteiger partial charge in [-0.2, -0.15) is 0 Å². The Morgan fingerprint density at radius 1 is 0.654 bits per heavy atom. The molecule has 0 bridgehead atoms. The zero-order valence-electron chi connectivity index (χ0n) is 47.5. The second kappa shape index (κ2) is 23.7. The lowest BCUT2D eigenvalue weighted by Crippen LogP contribution is -2.65. The molecule has 0 aromatic heterocycles. The number of ether oxygens (including phenoxy) is 7. The molecule has 3 saturated heterocycles. The molecule has 3 aliphatic heterocycles. The highest BCUT2D eigenvalue weighted by Crippen LogP contribution is 2.75. The molecule has 7 fully saturated rings. The number of aliphatic hydroxyl groups is 14. The van der Waals surface area contributed by atoms with Gasteiger partial charge in [0.15, 0.2) is 18.9 Å². The Balaban J connectivity index is 0.942. The molecule has 0 aromatic rings. The van der Waals surface area contributed by atoms with Crippen LogP contribution in [-0.4, -0.2) is 226 Å². The van der Waals surface area contributed by atoms with Crippen LogP contribution in [0.15, 0.2) is 11.6 Å². The van der Waals surface area contributed by atoms with E-state index in [0.29, 0.717) is 32.1 Å². The number of hydrogen-bond acceptors (Lipinski definition) is 21. The maximum absolute atomic E-state index is 12.8.